The lowest BCUT2D eigenvalue weighted by molar-refractivity contribution is 0.205. The maximum Gasteiger partial charge on any atom is 0.0836 e. The van der Waals surface area contributed by atoms with E-state index >= 15 is 0 Å². The Bertz CT molecular complexity index is 44.7. The molecule has 0 fully saturated rings. The van der Waals surface area contributed by atoms with Gasteiger partial charge in [0.25, 0.3) is 0 Å². The van der Waals surface area contributed by atoms with Gasteiger partial charge in [-0.2, -0.15) is 0 Å². The van der Waals surface area contributed by atoms with Gasteiger partial charge in [-0.25, -0.2) is 0 Å². The molecule has 0 rings (SSSR count). The minimum Gasteiger partial charge on any atom is -0.376 e. The molecule has 0 atom stereocenters. The molecule has 0 saturated carbocycles. The Hall–Kier alpha value is -0.0400. The normalized spacial score (nSPS) is 10.2. The zero-order valence-corrected chi connectivity index (χ0v) is 7.23. The number of unbranched alkanes of at least 4 members (excludes halogenated alkanes) is 4. The highest BCUT2D eigenvalue weighted by atomic mass is 16.5. The van der Waals surface area contributed by atoms with Gasteiger partial charge in [-0.15, -0.1) is 0 Å². The Morgan fingerprint density at radius 3 is 2.50 bits per heavy atom. The monoisotopic (exact) mass is 143 g/mol. The van der Waals surface area contributed by atoms with Gasteiger partial charge in [0.1, 0.15) is 0 Å². The summed E-state index contributed by atoms with van der Waals surface area (Å²) in [5.41, 5.74) is 0. The Kier molecular flexibility index (Phi) is 8.92. The average Bonchev–Trinajstić information content (AvgIpc) is 1.97. The van der Waals surface area contributed by atoms with E-state index in [0.29, 0.717) is 0 Å². The van der Waals surface area contributed by atoms with Crippen LogP contribution in [0, 0.1) is 6.61 Å². The molecule has 0 heterocycles. The lowest BCUT2D eigenvalue weighted by Crippen LogP contribution is -1.86. The van der Waals surface area contributed by atoms with Crippen molar-refractivity contribution in [3.8, 4) is 0 Å². The molecule has 0 aromatic heterocycles. The van der Waals surface area contributed by atoms with Gasteiger partial charge in [0, 0.05) is 6.61 Å². The summed E-state index contributed by atoms with van der Waals surface area (Å²) in [5.74, 6) is 0. The third-order valence-electron chi connectivity index (χ3n) is 1.46. The molecule has 0 spiro atoms. The molecule has 0 bridgehead atoms. The average molecular weight is 143 g/mol. The Labute approximate surface area is 64.8 Å². The van der Waals surface area contributed by atoms with E-state index in [1.807, 2.05) is 13.5 Å². The number of hydrogen-bond acceptors (Lipinski definition) is 1. The van der Waals surface area contributed by atoms with Crippen LogP contribution >= 0.6 is 0 Å². The van der Waals surface area contributed by atoms with Crippen LogP contribution in [0.4, 0.5) is 0 Å². The van der Waals surface area contributed by atoms with Crippen molar-refractivity contribution in [3.63, 3.8) is 0 Å². The fraction of sp³-hybridized carbons (Fsp3) is 0.889. The van der Waals surface area contributed by atoms with Gasteiger partial charge in [-0.1, -0.05) is 32.6 Å². The molecule has 0 unspecified atom stereocenters. The van der Waals surface area contributed by atoms with E-state index in [4.69, 9.17) is 4.74 Å². The summed E-state index contributed by atoms with van der Waals surface area (Å²) in [6.45, 7) is 6.98. The quantitative estimate of drug-likeness (QED) is 0.497. The SMILES string of the molecule is CCCCCC[CH]OCC. The molecule has 61 valence electrons. The maximum atomic E-state index is 5.09. The predicted molar refractivity (Wildman–Crippen MR) is 44.7 cm³/mol. The molecule has 0 aliphatic heterocycles. The second-order valence-corrected chi connectivity index (χ2v) is 2.47. The summed E-state index contributed by atoms with van der Waals surface area (Å²) in [6.07, 6.45) is 6.43. The van der Waals surface area contributed by atoms with Gasteiger partial charge in [0.15, 0.2) is 0 Å². The first kappa shape index (κ1) is 9.96. The van der Waals surface area contributed by atoms with E-state index in [-0.39, 0.29) is 0 Å². The van der Waals surface area contributed by atoms with Crippen molar-refractivity contribution in [1.29, 1.82) is 0 Å². The lowest BCUT2D eigenvalue weighted by atomic mass is 10.2. The van der Waals surface area contributed by atoms with Crippen LogP contribution in [-0.4, -0.2) is 6.61 Å². The molecule has 0 aromatic carbocycles. The van der Waals surface area contributed by atoms with Crippen LogP contribution in [0.15, 0.2) is 0 Å². The van der Waals surface area contributed by atoms with Crippen molar-refractivity contribution in [2.24, 2.45) is 0 Å². The molecule has 0 amide bonds. The molecular formula is C9H19O. The van der Waals surface area contributed by atoms with Crippen molar-refractivity contribution in [2.45, 2.75) is 46.0 Å². The molecule has 0 aliphatic carbocycles. The van der Waals surface area contributed by atoms with Crippen molar-refractivity contribution in [3.05, 3.63) is 6.61 Å². The fourth-order valence-electron chi connectivity index (χ4n) is 0.856. The highest BCUT2D eigenvalue weighted by Gasteiger charge is 1.87. The van der Waals surface area contributed by atoms with Crippen molar-refractivity contribution < 1.29 is 4.74 Å². The largest absolute Gasteiger partial charge is 0.376 e. The van der Waals surface area contributed by atoms with Crippen LogP contribution in [-0.2, 0) is 4.74 Å². The maximum absolute atomic E-state index is 5.09. The van der Waals surface area contributed by atoms with E-state index in [9.17, 15) is 0 Å². The summed E-state index contributed by atoms with van der Waals surface area (Å²) in [4.78, 5) is 0. The van der Waals surface area contributed by atoms with E-state index in [2.05, 4.69) is 6.92 Å². The molecule has 1 heteroatoms. The third kappa shape index (κ3) is 7.96. The van der Waals surface area contributed by atoms with Gasteiger partial charge in [0.2, 0.25) is 0 Å². The van der Waals surface area contributed by atoms with Crippen LogP contribution in [0.1, 0.15) is 46.0 Å². The van der Waals surface area contributed by atoms with E-state index in [1.54, 1.807) is 0 Å². The van der Waals surface area contributed by atoms with Gasteiger partial charge in [-0.3, -0.25) is 0 Å². The molecule has 1 nitrogen and oxygen atoms in total. The zero-order chi connectivity index (χ0) is 7.66. The Balaban J connectivity index is 2.65. The van der Waals surface area contributed by atoms with Gasteiger partial charge in [0.05, 0.1) is 6.61 Å². The molecule has 0 aromatic rings. The summed E-state index contributed by atoms with van der Waals surface area (Å²) < 4.78 is 5.09. The summed E-state index contributed by atoms with van der Waals surface area (Å²) in [6, 6.07) is 0. The fourth-order valence-corrected chi connectivity index (χ4v) is 0.856. The molecule has 0 N–H and O–H groups in total. The number of ether oxygens (including phenoxy) is 1. The van der Waals surface area contributed by atoms with Crippen LogP contribution < -0.4 is 0 Å². The van der Waals surface area contributed by atoms with Gasteiger partial charge < -0.3 is 4.74 Å². The number of hydrogen-bond donors (Lipinski definition) is 0. The smallest absolute Gasteiger partial charge is 0.0836 e. The van der Waals surface area contributed by atoms with Gasteiger partial charge in [-0.05, 0) is 13.3 Å². The first-order chi connectivity index (χ1) is 4.91. The van der Waals surface area contributed by atoms with E-state index < -0.39 is 0 Å². The highest BCUT2D eigenvalue weighted by Crippen LogP contribution is 2.04. The number of rotatable bonds is 7. The lowest BCUT2D eigenvalue weighted by Gasteiger charge is -1.98. The summed E-state index contributed by atoms with van der Waals surface area (Å²) in [7, 11) is 0. The zero-order valence-electron chi connectivity index (χ0n) is 7.23. The van der Waals surface area contributed by atoms with Crippen molar-refractivity contribution in [2.75, 3.05) is 6.61 Å². The highest BCUT2D eigenvalue weighted by molar-refractivity contribution is 4.50. The molecule has 10 heavy (non-hydrogen) atoms. The summed E-state index contributed by atoms with van der Waals surface area (Å²) in [5, 5.41) is 0. The van der Waals surface area contributed by atoms with Crippen LogP contribution in [0.5, 0.6) is 0 Å². The molecule has 1 radical (unpaired) electrons. The molecule has 0 saturated heterocycles. The minimum atomic E-state index is 0.813. The molecular weight excluding hydrogens is 124 g/mol. The van der Waals surface area contributed by atoms with Crippen molar-refractivity contribution in [1.82, 2.24) is 0 Å². The predicted octanol–water partition coefficient (Wildman–Crippen LogP) is 3.16. The molecule has 0 aliphatic rings. The third-order valence-corrected chi connectivity index (χ3v) is 1.46. The first-order valence-electron chi connectivity index (χ1n) is 4.35. The Morgan fingerprint density at radius 1 is 1.10 bits per heavy atom. The van der Waals surface area contributed by atoms with Crippen molar-refractivity contribution >= 4 is 0 Å². The van der Waals surface area contributed by atoms with E-state index in [1.165, 1.54) is 25.7 Å². The minimum absolute atomic E-state index is 0.813. The second-order valence-electron chi connectivity index (χ2n) is 2.47. The van der Waals surface area contributed by atoms with E-state index in [0.717, 1.165) is 13.0 Å². The van der Waals surface area contributed by atoms with Crippen LogP contribution in [0.2, 0.25) is 0 Å². The second kappa shape index (κ2) is 8.96. The Morgan fingerprint density at radius 2 is 1.90 bits per heavy atom. The van der Waals surface area contributed by atoms with Gasteiger partial charge >= 0.3 is 0 Å². The first-order valence-corrected chi connectivity index (χ1v) is 4.35. The van der Waals surface area contributed by atoms with Crippen LogP contribution in [0.3, 0.4) is 0 Å². The standard InChI is InChI=1S/C9H19O/c1-3-5-6-7-8-9-10-4-2/h9H,3-8H2,1-2H3. The topological polar surface area (TPSA) is 9.23 Å². The van der Waals surface area contributed by atoms with Crippen LogP contribution in [0.25, 0.3) is 0 Å². The summed E-state index contributed by atoms with van der Waals surface area (Å²) >= 11 is 0.